The Labute approximate surface area is 88.9 Å². The van der Waals surface area contributed by atoms with E-state index in [0.717, 1.165) is 18.7 Å². The summed E-state index contributed by atoms with van der Waals surface area (Å²) in [6.07, 6.45) is 4.26. The molecule has 15 heavy (non-hydrogen) atoms. The van der Waals surface area contributed by atoms with Crippen LogP contribution in [0.4, 0.5) is 5.69 Å². The van der Waals surface area contributed by atoms with E-state index in [4.69, 9.17) is 10.00 Å². The highest BCUT2D eigenvalue weighted by Gasteiger charge is 2.29. The maximum atomic E-state index is 8.93. The van der Waals surface area contributed by atoms with Crippen molar-refractivity contribution in [2.24, 2.45) is 0 Å². The summed E-state index contributed by atoms with van der Waals surface area (Å²) in [7, 11) is 0. The number of ether oxygens (including phenoxy) is 1. The Balaban J connectivity index is 2.20. The second-order valence-corrected chi connectivity index (χ2v) is 4.02. The van der Waals surface area contributed by atoms with Gasteiger partial charge in [-0.1, -0.05) is 0 Å². The van der Waals surface area contributed by atoms with E-state index >= 15 is 0 Å². The van der Waals surface area contributed by atoms with Crippen molar-refractivity contribution in [2.45, 2.75) is 18.9 Å². The van der Waals surface area contributed by atoms with Crippen molar-refractivity contribution in [1.29, 1.82) is 5.26 Å². The summed E-state index contributed by atoms with van der Waals surface area (Å²) < 4.78 is 5.34. The monoisotopic (exact) mass is 203 g/mol. The maximum Gasteiger partial charge on any atom is 0.101 e. The van der Waals surface area contributed by atoms with Crippen LogP contribution in [0.25, 0.3) is 0 Å². The van der Waals surface area contributed by atoms with E-state index in [1.165, 1.54) is 0 Å². The quantitative estimate of drug-likeness (QED) is 0.792. The van der Waals surface area contributed by atoms with Crippen LogP contribution in [0.5, 0.6) is 0 Å². The van der Waals surface area contributed by atoms with Gasteiger partial charge in [-0.2, -0.15) is 5.26 Å². The fourth-order valence-electron chi connectivity index (χ4n) is 1.68. The molecule has 0 saturated carbocycles. The highest BCUT2D eigenvalue weighted by atomic mass is 16.5. The molecular formula is C11H13N3O. The summed E-state index contributed by atoms with van der Waals surface area (Å²) in [6.45, 7) is 3.53. The van der Waals surface area contributed by atoms with Crippen LogP contribution in [-0.4, -0.2) is 23.7 Å². The molecule has 0 aliphatic carbocycles. The molecule has 1 aromatic heterocycles. The standard InChI is InChI=1S/C11H13N3O/c1-11(3-5-15-8-11)14-10-7-13-4-2-9(10)6-12/h2,4,7,14H,3,5,8H2,1H3. The zero-order valence-corrected chi connectivity index (χ0v) is 8.66. The first-order valence-electron chi connectivity index (χ1n) is 4.94. The minimum absolute atomic E-state index is 0.0748. The number of hydrogen-bond donors (Lipinski definition) is 1. The molecule has 0 radical (unpaired) electrons. The number of rotatable bonds is 2. The lowest BCUT2D eigenvalue weighted by Crippen LogP contribution is -2.35. The third-order valence-corrected chi connectivity index (χ3v) is 2.60. The first-order valence-corrected chi connectivity index (χ1v) is 4.94. The molecule has 0 aromatic carbocycles. The molecule has 1 unspecified atom stereocenters. The molecule has 78 valence electrons. The summed E-state index contributed by atoms with van der Waals surface area (Å²) >= 11 is 0. The smallest absolute Gasteiger partial charge is 0.101 e. The van der Waals surface area contributed by atoms with Crippen LogP contribution in [0, 0.1) is 11.3 Å². The van der Waals surface area contributed by atoms with Crippen LogP contribution in [-0.2, 0) is 4.74 Å². The van der Waals surface area contributed by atoms with Gasteiger partial charge in [-0.3, -0.25) is 4.98 Å². The van der Waals surface area contributed by atoms with Gasteiger partial charge in [0.25, 0.3) is 0 Å². The van der Waals surface area contributed by atoms with Crippen molar-refractivity contribution in [2.75, 3.05) is 18.5 Å². The minimum Gasteiger partial charge on any atom is -0.379 e. The van der Waals surface area contributed by atoms with Crippen molar-refractivity contribution < 1.29 is 4.74 Å². The molecule has 1 aromatic rings. The molecule has 2 heterocycles. The van der Waals surface area contributed by atoms with Crippen LogP contribution in [0.3, 0.4) is 0 Å². The largest absolute Gasteiger partial charge is 0.379 e. The molecule has 1 N–H and O–H groups in total. The summed E-state index contributed by atoms with van der Waals surface area (Å²) in [5.74, 6) is 0. The van der Waals surface area contributed by atoms with Gasteiger partial charge in [0.05, 0.1) is 29.6 Å². The molecule has 0 bridgehead atoms. The molecule has 2 rings (SSSR count). The van der Waals surface area contributed by atoms with Gasteiger partial charge in [0.1, 0.15) is 6.07 Å². The van der Waals surface area contributed by atoms with Crippen LogP contribution in [0.1, 0.15) is 18.9 Å². The summed E-state index contributed by atoms with van der Waals surface area (Å²) in [4.78, 5) is 4.01. The van der Waals surface area contributed by atoms with Crippen LogP contribution in [0.15, 0.2) is 18.5 Å². The average Bonchev–Trinajstić information content (AvgIpc) is 2.66. The van der Waals surface area contributed by atoms with Crippen molar-refractivity contribution >= 4 is 5.69 Å². The molecule has 0 amide bonds. The van der Waals surface area contributed by atoms with E-state index in [0.29, 0.717) is 12.2 Å². The number of aromatic nitrogens is 1. The SMILES string of the molecule is CC1(Nc2cnccc2C#N)CCOC1. The van der Waals surface area contributed by atoms with Crippen molar-refractivity contribution in [1.82, 2.24) is 4.98 Å². The van der Waals surface area contributed by atoms with E-state index in [-0.39, 0.29) is 5.54 Å². The first-order chi connectivity index (χ1) is 7.23. The molecule has 4 nitrogen and oxygen atoms in total. The van der Waals surface area contributed by atoms with E-state index in [9.17, 15) is 0 Å². The van der Waals surface area contributed by atoms with Crippen molar-refractivity contribution in [3.05, 3.63) is 24.0 Å². The number of nitriles is 1. The third kappa shape index (κ3) is 2.08. The lowest BCUT2D eigenvalue weighted by molar-refractivity contribution is 0.185. The fraction of sp³-hybridized carbons (Fsp3) is 0.455. The predicted molar refractivity (Wildman–Crippen MR) is 56.4 cm³/mol. The Morgan fingerprint density at radius 2 is 2.53 bits per heavy atom. The minimum atomic E-state index is -0.0748. The number of pyridine rings is 1. The molecule has 1 aliphatic heterocycles. The zero-order valence-electron chi connectivity index (χ0n) is 8.66. The molecule has 1 aliphatic rings. The van der Waals surface area contributed by atoms with Crippen molar-refractivity contribution in [3.63, 3.8) is 0 Å². The second-order valence-electron chi connectivity index (χ2n) is 4.02. The van der Waals surface area contributed by atoms with Gasteiger partial charge in [0, 0.05) is 12.8 Å². The second kappa shape index (κ2) is 3.87. The van der Waals surface area contributed by atoms with E-state index < -0.39 is 0 Å². The van der Waals surface area contributed by atoms with Crippen LogP contribution in [0.2, 0.25) is 0 Å². The summed E-state index contributed by atoms with van der Waals surface area (Å²) in [6, 6.07) is 3.85. The van der Waals surface area contributed by atoms with E-state index in [1.807, 2.05) is 0 Å². The Hall–Kier alpha value is -1.60. The molecule has 1 fully saturated rings. The zero-order chi connectivity index (χ0) is 10.7. The number of hydrogen-bond acceptors (Lipinski definition) is 4. The first kappa shape index (κ1) is 9.94. The van der Waals surface area contributed by atoms with Gasteiger partial charge in [0.15, 0.2) is 0 Å². The number of nitrogens with zero attached hydrogens (tertiary/aromatic N) is 2. The molecule has 1 atom stereocenters. The summed E-state index contributed by atoms with van der Waals surface area (Å²) in [5, 5.41) is 12.3. The summed E-state index contributed by atoms with van der Waals surface area (Å²) in [5.41, 5.74) is 1.33. The fourth-order valence-corrected chi connectivity index (χ4v) is 1.68. The maximum absolute atomic E-state index is 8.93. The Morgan fingerprint density at radius 1 is 1.67 bits per heavy atom. The van der Waals surface area contributed by atoms with Crippen molar-refractivity contribution in [3.8, 4) is 6.07 Å². The molecule has 0 spiro atoms. The van der Waals surface area contributed by atoms with Gasteiger partial charge in [0.2, 0.25) is 0 Å². The van der Waals surface area contributed by atoms with E-state index in [1.54, 1.807) is 18.5 Å². The Kier molecular flexibility index (Phi) is 2.57. The van der Waals surface area contributed by atoms with Crippen LogP contribution < -0.4 is 5.32 Å². The number of nitrogens with one attached hydrogen (secondary N) is 1. The highest BCUT2D eigenvalue weighted by molar-refractivity contribution is 5.56. The molecular weight excluding hydrogens is 190 g/mol. The molecule has 1 saturated heterocycles. The lowest BCUT2D eigenvalue weighted by Gasteiger charge is -2.25. The topological polar surface area (TPSA) is 57.9 Å². The third-order valence-electron chi connectivity index (χ3n) is 2.60. The van der Waals surface area contributed by atoms with Gasteiger partial charge in [-0.05, 0) is 19.4 Å². The normalized spacial score (nSPS) is 24.8. The number of anilines is 1. The van der Waals surface area contributed by atoms with Gasteiger partial charge < -0.3 is 10.1 Å². The average molecular weight is 203 g/mol. The Morgan fingerprint density at radius 3 is 3.20 bits per heavy atom. The van der Waals surface area contributed by atoms with Gasteiger partial charge in [-0.25, -0.2) is 0 Å². The van der Waals surface area contributed by atoms with Gasteiger partial charge >= 0.3 is 0 Å². The van der Waals surface area contributed by atoms with E-state index in [2.05, 4.69) is 23.3 Å². The van der Waals surface area contributed by atoms with Gasteiger partial charge in [-0.15, -0.1) is 0 Å². The Bertz CT molecular complexity index is 391. The molecule has 4 heteroatoms. The van der Waals surface area contributed by atoms with Crippen LogP contribution >= 0.6 is 0 Å². The highest BCUT2D eigenvalue weighted by Crippen LogP contribution is 2.24. The lowest BCUT2D eigenvalue weighted by atomic mass is 10.0. The predicted octanol–water partition coefficient (Wildman–Crippen LogP) is 1.54.